The molecule has 0 amide bonds. The highest BCUT2D eigenvalue weighted by Crippen LogP contribution is 2.22. The highest BCUT2D eigenvalue weighted by atomic mass is 32.2. The molecule has 0 spiro atoms. The van der Waals surface area contributed by atoms with Crippen molar-refractivity contribution in [2.24, 2.45) is 0 Å². The summed E-state index contributed by atoms with van der Waals surface area (Å²) in [5.74, 6) is 0. The second-order valence-electron chi connectivity index (χ2n) is 3.17. The van der Waals surface area contributed by atoms with E-state index in [0.717, 1.165) is 9.09 Å². The fourth-order valence-corrected chi connectivity index (χ4v) is 2.44. The lowest BCUT2D eigenvalue weighted by Gasteiger charge is -2.08. The third-order valence-corrected chi connectivity index (χ3v) is 3.13. The summed E-state index contributed by atoms with van der Waals surface area (Å²) in [6.07, 6.45) is 2.45. The van der Waals surface area contributed by atoms with Gasteiger partial charge in [0.25, 0.3) is 0 Å². The van der Waals surface area contributed by atoms with Crippen LogP contribution in [0.1, 0.15) is 12.8 Å². The Labute approximate surface area is 100 Å². The number of rotatable bonds is 5. The maximum atomic E-state index is 9.53. The smallest absolute Gasteiger partial charge is 0.0628 e. The molecule has 1 aromatic carbocycles. The van der Waals surface area contributed by atoms with Gasteiger partial charge < -0.3 is 5.11 Å². The van der Waals surface area contributed by atoms with Crippen LogP contribution in [0.2, 0.25) is 0 Å². The SMILES string of the molecule is C=CCC(O)CC(=S)Sc1ccccc1. The molecule has 1 atom stereocenters. The average molecular weight is 238 g/mol. The number of hydrogen-bond acceptors (Lipinski definition) is 3. The molecule has 0 radical (unpaired) electrons. The van der Waals surface area contributed by atoms with Crippen LogP contribution in [-0.2, 0) is 0 Å². The van der Waals surface area contributed by atoms with E-state index in [9.17, 15) is 5.11 Å². The standard InChI is InChI=1S/C12H14OS2/c1-2-6-10(13)9-12(14)15-11-7-4-3-5-8-11/h2-5,7-8,10,13H,1,6,9H2. The molecule has 15 heavy (non-hydrogen) atoms. The van der Waals surface area contributed by atoms with Crippen LogP contribution >= 0.6 is 24.0 Å². The van der Waals surface area contributed by atoms with E-state index in [1.807, 2.05) is 30.3 Å². The molecule has 1 unspecified atom stereocenters. The van der Waals surface area contributed by atoms with E-state index in [2.05, 4.69) is 6.58 Å². The summed E-state index contributed by atoms with van der Waals surface area (Å²) in [6.45, 7) is 3.58. The van der Waals surface area contributed by atoms with Gasteiger partial charge in [0.1, 0.15) is 0 Å². The molecule has 0 aliphatic rings. The van der Waals surface area contributed by atoms with Gasteiger partial charge in [0, 0.05) is 11.3 Å². The zero-order valence-electron chi connectivity index (χ0n) is 8.43. The first-order valence-electron chi connectivity index (χ1n) is 4.77. The van der Waals surface area contributed by atoms with Crippen molar-refractivity contribution >= 4 is 28.2 Å². The Kier molecular flexibility index (Phi) is 5.61. The van der Waals surface area contributed by atoms with Crippen LogP contribution in [-0.4, -0.2) is 15.4 Å². The Morgan fingerprint density at radius 1 is 1.47 bits per heavy atom. The summed E-state index contributed by atoms with van der Waals surface area (Å²) in [5, 5.41) is 9.53. The van der Waals surface area contributed by atoms with Crippen molar-refractivity contribution in [3.63, 3.8) is 0 Å². The maximum absolute atomic E-state index is 9.53. The zero-order chi connectivity index (χ0) is 11.1. The van der Waals surface area contributed by atoms with Crippen molar-refractivity contribution < 1.29 is 5.11 Å². The summed E-state index contributed by atoms with van der Waals surface area (Å²) < 4.78 is 0.815. The minimum atomic E-state index is -0.397. The van der Waals surface area contributed by atoms with Gasteiger partial charge in [-0.05, 0) is 18.6 Å². The van der Waals surface area contributed by atoms with Crippen molar-refractivity contribution in [3.05, 3.63) is 43.0 Å². The molecule has 0 aromatic heterocycles. The van der Waals surface area contributed by atoms with Crippen LogP contribution in [0.25, 0.3) is 0 Å². The van der Waals surface area contributed by atoms with E-state index in [4.69, 9.17) is 12.2 Å². The third-order valence-electron chi connectivity index (χ3n) is 1.82. The molecule has 1 aromatic rings. The number of thiocarbonyl (C=S) groups is 1. The van der Waals surface area contributed by atoms with Gasteiger partial charge in [-0.3, -0.25) is 0 Å². The van der Waals surface area contributed by atoms with Gasteiger partial charge in [0.2, 0.25) is 0 Å². The summed E-state index contributed by atoms with van der Waals surface area (Å²) in [5.41, 5.74) is 0. The first-order valence-corrected chi connectivity index (χ1v) is 5.99. The van der Waals surface area contributed by atoms with E-state index in [1.54, 1.807) is 6.08 Å². The van der Waals surface area contributed by atoms with Crippen molar-refractivity contribution in [2.75, 3.05) is 0 Å². The number of benzene rings is 1. The second kappa shape index (κ2) is 6.77. The molecule has 1 rings (SSSR count). The molecule has 80 valence electrons. The quantitative estimate of drug-likeness (QED) is 0.482. The predicted octanol–water partition coefficient (Wildman–Crippen LogP) is 3.43. The molecular weight excluding hydrogens is 224 g/mol. The molecule has 0 aliphatic carbocycles. The van der Waals surface area contributed by atoms with E-state index < -0.39 is 6.10 Å². The van der Waals surface area contributed by atoms with Crippen molar-refractivity contribution in [3.8, 4) is 0 Å². The molecule has 0 saturated carbocycles. The Hall–Kier alpha value is -0.640. The van der Waals surface area contributed by atoms with Crippen LogP contribution < -0.4 is 0 Å². The highest BCUT2D eigenvalue weighted by molar-refractivity contribution is 8.23. The number of hydrogen-bond donors (Lipinski definition) is 1. The lowest BCUT2D eigenvalue weighted by molar-refractivity contribution is 0.187. The zero-order valence-corrected chi connectivity index (χ0v) is 10.1. The van der Waals surface area contributed by atoms with Crippen LogP contribution in [0.3, 0.4) is 0 Å². The predicted molar refractivity (Wildman–Crippen MR) is 70.3 cm³/mol. The Morgan fingerprint density at radius 3 is 2.73 bits per heavy atom. The highest BCUT2D eigenvalue weighted by Gasteiger charge is 2.07. The van der Waals surface area contributed by atoms with Gasteiger partial charge >= 0.3 is 0 Å². The molecule has 0 heterocycles. The molecule has 0 fully saturated rings. The molecule has 1 N–H and O–H groups in total. The molecular formula is C12H14OS2. The molecule has 3 heteroatoms. The van der Waals surface area contributed by atoms with Crippen molar-refractivity contribution in [2.45, 2.75) is 23.8 Å². The van der Waals surface area contributed by atoms with Gasteiger partial charge in [0.05, 0.1) is 10.3 Å². The lowest BCUT2D eigenvalue weighted by atomic mass is 10.2. The molecule has 0 aliphatic heterocycles. The second-order valence-corrected chi connectivity index (χ2v) is 5.09. The lowest BCUT2D eigenvalue weighted by Crippen LogP contribution is -2.08. The van der Waals surface area contributed by atoms with E-state index in [0.29, 0.717) is 12.8 Å². The Balaban J connectivity index is 2.39. The fraction of sp³-hybridized carbons (Fsp3) is 0.250. The van der Waals surface area contributed by atoms with Gasteiger partial charge in [-0.1, -0.05) is 48.3 Å². The third kappa shape index (κ3) is 5.11. The van der Waals surface area contributed by atoms with Gasteiger partial charge in [-0.25, -0.2) is 0 Å². The van der Waals surface area contributed by atoms with E-state index in [-0.39, 0.29) is 0 Å². The fourth-order valence-electron chi connectivity index (χ4n) is 1.13. The summed E-state index contributed by atoms with van der Waals surface area (Å²) >= 11 is 6.73. The first-order chi connectivity index (χ1) is 7.22. The molecule has 0 bridgehead atoms. The maximum Gasteiger partial charge on any atom is 0.0628 e. The van der Waals surface area contributed by atoms with E-state index in [1.165, 1.54) is 11.8 Å². The number of aliphatic hydroxyl groups excluding tert-OH is 1. The Bertz CT molecular complexity index is 322. The number of thioether (sulfide) groups is 1. The average Bonchev–Trinajstić information content (AvgIpc) is 2.19. The van der Waals surface area contributed by atoms with E-state index >= 15 is 0 Å². The van der Waals surface area contributed by atoms with Gasteiger partial charge in [-0.2, -0.15) is 0 Å². The van der Waals surface area contributed by atoms with Crippen LogP contribution in [0.15, 0.2) is 47.9 Å². The first kappa shape index (κ1) is 12.4. The molecule has 0 saturated heterocycles. The monoisotopic (exact) mass is 238 g/mol. The normalized spacial score (nSPS) is 12.1. The summed E-state index contributed by atoms with van der Waals surface area (Å²) in [4.78, 5) is 1.12. The largest absolute Gasteiger partial charge is 0.392 e. The Morgan fingerprint density at radius 2 is 2.13 bits per heavy atom. The van der Waals surface area contributed by atoms with Crippen LogP contribution in [0.5, 0.6) is 0 Å². The molecule has 1 nitrogen and oxygen atoms in total. The van der Waals surface area contributed by atoms with Crippen molar-refractivity contribution in [1.82, 2.24) is 0 Å². The van der Waals surface area contributed by atoms with Gasteiger partial charge in [0.15, 0.2) is 0 Å². The van der Waals surface area contributed by atoms with Crippen LogP contribution in [0, 0.1) is 0 Å². The number of aliphatic hydroxyl groups is 1. The minimum absolute atomic E-state index is 0.397. The van der Waals surface area contributed by atoms with Crippen LogP contribution in [0.4, 0.5) is 0 Å². The van der Waals surface area contributed by atoms with Gasteiger partial charge in [-0.15, -0.1) is 6.58 Å². The summed E-state index contributed by atoms with van der Waals surface area (Å²) in [6, 6.07) is 9.95. The topological polar surface area (TPSA) is 20.2 Å². The summed E-state index contributed by atoms with van der Waals surface area (Å²) in [7, 11) is 0. The van der Waals surface area contributed by atoms with Crippen molar-refractivity contribution in [1.29, 1.82) is 0 Å². The minimum Gasteiger partial charge on any atom is -0.392 e.